The van der Waals surface area contributed by atoms with Crippen LogP contribution in [-0.4, -0.2) is 82.0 Å². The van der Waals surface area contributed by atoms with E-state index in [1.807, 2.05) is 0 Å². The minimum absolute atomic E-state index is 0. The Morgan fingerprint density at radius 1 is 0.667 bits per heavy atom. The number of hydrogen-bond acceptors (Lipinski definition) is 4. The molecule has 0 amide bonds. The van der Waals surface area contributed by atoms with Gasteiger partial charge in [-0.2, -0.15) is 16.8 Å². The predicted molar refractivity (Wildman–Crippen MR) is 45.4 cm³/mol. The molecule has 0 unspecified atom stereocenters. The molecule has 8 nitrogen and oxygen atoms in total. The molecule has 0 heterocycles. The van der Waals surface area contributed by atoms with Crippen LogP contribution in [0, 0.1) is 0 Å². The predicted octanol–water partition coefficient (Wildman–Crippen LogP) is -3.14. The van der Waals surface area contributed by atoms with Gasteiger partial charge in [-0.3, -0.25) is 18.2 Å². The first-order valence-electron chi connectivity index (χ1n) is 1.40. The van der Waals surface area contributed by atoms with Crippen LogP contribution in [-0.2, 0) is 20.8 Å². The molecule has 0 saturated heterocycles. The maximum atomic E-state index is 8.74. The van der Waals surface area contributed by atoms with Gasteiger partial charge in [0, 0.05) is 0 Å². The summed E-state index contributed by atoms with van der Waals surface area (Å²) in [5, 5.41) is 0. The third-order valence-electron chi connectivity index (χ3n) is 0. The summed E-state index contributed by atoms with van der Waals surface area (Å²) in [7, 11) is -9.33. The molecule has 0 radical (unpaired) electrons. The average Bonchev–Trinajstić information content (AvgIpc) is 1.12. The van der Waals surface area contributed by atoms with Crippen molar-refractivity contribution < 1.29 is 35.0 Å². The summed E-state index contributed by atoms with van der Waals surface area (Å²) >= 11 is 0. The normalized spacial score (nSPS) is 9.67. The summed E-state index contributed by atoms with van der Waals surface area (Å²) in [5.74, 6) is 0. The van der Waals surface area contributed by atoms with Gasteiger partial charge in [0.2, 0.25) is 0 Å². The van der Waals surface area contributed by atoms with E-state index in [1.165, 1.54) is 0 Å². The zero-order valence-corrected chi connectivity index (χ0v) is 5.87. The molecule has 0 rings (SSSR count). The van der Waals surface area contributed by atoms with Crippen LogP contribution >= 0.6 is 0 Å². The Morgan fingerprint density at radius 2 is 0.667 bits per heavy atom. The van der Waals surface area contributed by atoms with Crippen LogP contribution in [0.1, 0.15) is 0 Å². The first-order chi connectivity index (χ1) is 4.00. The van der Waals surface area contributed by atoms with E-state index in [0.29, 0.717) is 0 Å². The van der Waals surface area contributed by atoms with Gasteiger partial charge < -0.3 is 0 Å². The average molecular weight is 250 g/mol. The van der Waals surface area contributed by atoms with Gasteiger partial charge in [0.25, 0.3) is 0 Å². The van der Waals surface area contributed by atoms with E-state index in [1.54, 1.807) is 0 Å². The van der Waals surface area contributed by atoms with Crippen LogP contribution in [0.25, 0.3) is 0 Å². The molecular weight excluding hydrogens is 242 g/mol. The van der Waals surface area contributed by atoms with Crippen molar-refractivity contribution in [3.8, 4) is 0 Å². The summed E-state index contributed by atoms with van der Waals surface area (Å²) in [6.45, 7) is 0. The Hall–Kier alpha value is 1.27. The van der Waals surface area contributed by atoms with E-state index in [-0.39, 0.29) is 46.9 Å². The zero-order valence-electron chi connectivity index (χ0n) is 4.24. The van der Waals surface area contributed by atoms with Crippen LogP contribution in [0.2, 0.25) is 0 Å². The van der Waals surface area contributed by atoms with Crippen molar-refractivity contribution in [1.29, 1.82) is 0 Å². The van der Waals surface area contributed by atoms with Crippen LogP contribution in [0.5, 0.6) is 0 Å². The first-order valence-corrected chi connectivity index (χ1v) is 4.19. The van der Waals surface area contributed by atoms with Gasteiger partial charge in [0.15, 0.2) is 17.4 Å². The van der Waals surface area contributed by atoms with E-state index in [2.05, 4.69) is 0 Å². The molecule has 0 aliphatic carbocycles. The van der Waals surface area contributed by atoms with Crippen molar-refractivity contribution in [1.82, 2.24) is 0 Å². The monoisotopic (exact) mass is 250 g/mol. The van der Waals surface area contributed by atoms with Crippen LogP contribution in [0.3, 0.4) is 0 Å². The molecule has 0 fully saturated rings. The molecule has 0 aromatic rings. The second-order valence-corrected chi connectivity index (χ2v) is 2.69. The molecule has 0 aromatic heterocycles. The van der Waals surface area contributed by atoms with E-state index >= 15 is 0 Å². The van der Waals surface area contributed by atoms with Crippen molar-refractivity contribution in [3.63, 3.8) is 0 Å². The van der Waals surface area contributed by atoms with Gasteiger partial charge in [0.1, 0.15) is 0 Å². The van der Waals surface area contributed by atoms with E-state index in [9.17, 15) is 0 Å². The fraction of sp³-hybridized carbons (Fsp3) is 0. The molecular formula is H8AlNaO8S2. The summed E-state index contributed by atoms with van der Waals surface area (Å²) in [5.41, 5.74) is 0. The molecule has 0 aliphatic heterocycles. The zero-order chi connectivity index (χ0) is 9.00. The van der Waals surface area contributed by atoms with E-state index in [0.717, 1.165) is 0 Å². The third-order valence-corrected chi connectivity index (χ3v) is 0. The molecule has 12 heteroatoms. The molecule has 72 valence electrons. The van der Waals surface area contributed by atoms with Gasteiger partial charge in [-0.25, -0.2) is 0 Å². The van der Waals surface area contributed by atoms with Gasteiger partial charge in [-0.15, -0.1) is 0 Å². The molecule has 0 saturated carbocycles. The number of rotatable bonds is 0. The van der Waals surface area contributed by atoms with Crippen molar-refractivity contribution in [2.75, 3.05) is 0 Å². The summed E-state index contributed by atoms with van der Waals surface area (Å²) < 4.78 is 63.2. The first kappa shape index (κ1) is 23.3. The molecule has 0 spiro atoms. The van der Waals surface area contributed by atoms with Crippen LogP contribution in [0.4, 0.5) is 0 Å². The van der Waals surface area contributed by atoms with Crippen molar-refractivity contribution in [3.05, 3.63) is 0 Å². The Labute approximate surface area is 102 Å². The second kappa shape index (κ2) is 8.85. The summed E-state index contributed by atoms with van der Waals surface area (Å²) in [4.78, 5) is 0. The molecule has 0 bridgehead atoms. The van der Waals surface area contributed by atoms with Gasteiger partial charge in [0.05, 0.1) is 0 Å². The summed E-state index contributed by atoms with van der Waals surface area (Å²) in [6, 6.07) is 0. The van der Waals surface area contributed by atoms with Gasteiger partial charge in [-0.05, 0) is 0 Å². The van der Waals surface area contributed by atoms with Crippen molar-refractivity contribution in [2.45, 2.75) is 0 Å². The van der Waals surface area contributed by atoms with Gasteiger partial charge in [-0.1, -0.05) is 0 Å². The molecule has 0 aromatic carbocycles. The Morgan fingerprint density at radius 3 is 0.667 bits per heavy atom. The maximum absolute atomic E-state index is 8.74. The van der Waals surface area contributed by atoms with E-state index < -0.39 is 20.8 Å². The van der Waals surface area contributed by atoms with Crippen LogP contribution < -0.4 is 0 Å². The molecule has 0 aliphatic rings. The fourth-order valence-electron chi connectivity index (χ4n) is 0. The van der Waals surface area contributed by atoms with Gasteiger partial charge >= 0.3 is 50.4 Å². The van der Waals surface area contributed by atoms with Crippen molar-refractivity contribution in [2.24, 2.45) is 0 Å². The number of hydrogen-bond donors (Lipinski definition) is 4. The molecule has 0 atom stereocenters. The van der Waals surface area contributed by atoms with E-state index in [4.69, 9.17) is 35.0 Å². The Kier molecular flexibility index (Phi) is 17.2. The molecule has 4 N–H and O–H groups in total. The topological polar surface area (TPSA) is 149 Å². The fourth-order valence-corrected chi connectivity index (χ4v) is 0. The third kappa shape index (κ3) is 735. The Bertz CT molecular complexity index is 213. The minimum atomic E-state index is -4.67. The standard InChI is InChI=1S/Al.Na.2H2O4S.4H/c;;2*1-5(2,3)4;;;;/h;;2*(H2,1,2,3,4);;;;. The SMILES string of the molecule is O=S(=O)(O)O.O=S(=O)(O)O.[AlH3].[NaH]. The molecule has 12 heavy (non-hydrogen) atoms. The summed E-state index contributed by atoms with van der Waals surface area (Å²) in [6.07, 6.45) is 0. The van der Waals surface area contributed by atoms with Crippen molar-refractivity contribution >= 4 is 67.7 Å². The quantitative estimate of drug-likeness (QED) is 0.260. The Balaban J connectivity index is -0.0000000457. The second-order valence-electron chi connectivity index (χ2n) is 0.896. The van der Waals surface area contributed by atoms with Crippen LogP contribution in [0.15, 0.2) is 0 Å².